The lowest BCUT2D eigenvalue weighted by molar-refractivity contribution is 0.313. The van der Waals surface area contributed by atoms with Gasteiger partial charge in [0, 0.05) is 69.4 Å². The number of nitrogens with two attached hydrogens (primary N) is 3. The molecule has 168 valence electrons. The summed E-state index contributed by atoms with van der Waals surface area (Å²) in [5.74, 6) is 0.0948. The van der Waals surface area contributed by atoms with Crippen LogP contribution in [0.5, 0.6) is 0 Å². The lowest BCUT2D eigenvalue weighted by atomic mass is 10.2. The zero-order valence-corrected chi connectivity index (χ0v) is 18.7. The second kappa shape index (κ2) is 10.9. The summed E-state index contributed by atoms with van der Waals surface area (Å²) in [5, 5.41) is 0. The molecule has 0 aliphatic carbocycles. The van der Waals surface area contributed by atoms with Crippen molar-refractivity contribution in [2.75, 3.05) is 82.0 Å². The molecular weight excluding hydrogens is 388 g/mol. The molecule has 0 unspecified atom stereocenters. The van der Waals surface area contributed by atoms with Gasteiger partial charge < -0.3 is 36.8 Å². The van der Waals surface area contributed by atoms with Crippen molar-refractivity contribution in [3.63, 3.8) is 0 Å². The van der Waals surface area contributed by atoms with Gasteiger partial charge in [0.1, 0.15) is 0 Å². The standard InChI is InChI=1S/C12H19N5.C11H17N3/c1-16-6-8-17(9-7-16)11-4-2-10(3-5-11)15-12(13)14;1-13-6-8-14(9-7-13)11-4-2-10(12)3-5-11/h2-5H,6-9H2,1H3,(H4,13,14,15);2-5H,6-9,12H2,1H3. The van der Waals surface area contributed by atoms with Crippen LogP contribution in [-0.4, -0.2) is 82.2 Å². The van der Waals surface area contributed by atoms with E-state index in [9.17, 15) is 0 Å². The maximum absolute atomic E-state index is 5.65. The van der Waals surface area contributed by atoms with E-state index in [0.29, 0.717) is 0 Å². The molecule has 2 aliphatic rings. The molecule has 2 aromatic carbocycles. The summed E-state index contributed by atoms with van der Waals surface area (Å²) in [6, 6.07) is 16.1. The number of hydrogen-bond donors (Lipinski definition) is 3. The molecule has 0 amide bonds. The fraction of sp³-hybridized carbons (Fsp3) is 0.435. The molecule has 0 atom stereocenters. The summed E-state index contributed by atoms with van der Waals surface area (Å²) in [6.07, 6.45) is 0. The summed E-state index contributed by atoms with van der Waals surface area (Å²) >= 11 is 0. The van der Waals surface area contributed by atoms with Crippen LogP contribution in [0.25, 0.3) is 0 Å². The smallest absolute Gasteiger partial charge is 0.191 e. The van der Waals surface area contributed by atoms with E-state index >= 15 is 0 Å². The second-order valence-electron chi connectivity index (χ2n) is 8.23. The van der Waals surface area contributed by atoms with Crippen LogP contribution < -0.4 is 27.0 Å². The van der Waals surface area contributed by atoms with Crippen molar-refractivity contribution in [3.8, 4) is 0 Å². The van der Waals surface area contributed by atoms with E-state index in [1.807, 2.05) is 24.3 Å². The summed E-state index contributed by atoms with van der Waals surface area (Å²) in [7, 11) is 4.32. The van der Waals surface area contributed by atoms with Gasteiger partial charge in [-0.05, 0) is 62.6 Å². The maximum Gasteiger partial charge on any atom is 0.191 e. The van der Waals surface area contributed by atoms with Crippen molar-refractivity contribution in [1.82, 2.24) is 9.80 Å². The van der Waals surface area contributed by atoms with Crippen LogP contribution in [0.15, 0.2) is 53.5 Å². The number of nitrogens with zero attached hydrogens (tertiary/aromatic N) is 5. The molecule has 2 heterocycles. The SMILES string of the molecule is CN1CCN(c2ccc(N)cc2)CC1.CN1CCN(c2ccc(N=C(N)N)cc2)CC1. The number of guanidine groups is 1. The number of hydrogen-bond acceptors (Lipinski definition) is 6. The average Bonchev–Trinajstić information content (AvgIpc) is 2.76. The van der Waals surface area contributed by atoms with Gasteiger partial charge in [0.05, 0.1) is 5.69 Å². The normalized spacial score (nSPS) is 17.6. The number of likely N-dealkylation sites (N-methyl/N-ethyl adjacent to an activating group) is 2. The monoisotopic (exact) mass is 424 g/mol. The van der Waals surface area contributed by atoms with E-state index in [-0.39, 0.29) is 5.96 Å². The zero-order chi connectivity index (χ0) is 22.2. The Kier molecular flexibility index (Phi) is 7.97. The number of rotatable bonds is 3. The van der Waals surface area contributed by atoms with E-state index in [1.165, 1.54) is 11.4 Å². The molecule has 2 aromatic rings. The van der Waals surface area contributed by atoms with Gasteiger partial charge in [-0.15, -0.1) is 0 Å². The first kappa shape index (κ1) is 22.7. The quantitative estimate of drug-likeness (QED) is 0.388. The second-order valence-corrected chi connectivity index (χ2v) is 8.23. The molecule has 31 heavy (non-hydrogen) atoms. The summed E-state index contributed by atoms with van der Waals surface area (Å²) < 4.78 is 0. The van der Waals surface area contributed by atoms with Gasteiger partial charge in [-0.3, -0.25) is 0 Å². The Hall–Kier alpha value is -2.97. The van der Waals surface area contributed by atoms with Crippen molar-refractivity contribution < 1.29 is 0 Å². The first-order valence-corrected chi connectivity index (χ1v) is 10.8. The molecule has 0 bridgehead atoms. The predicted molar refractivity (Wildman–Crippen MR) is 132 cm³/mol. The molecule has 8 nitrogen and oxygen atoms in total. The number of anilines is 3. The molecule has 6 N–H and O–H groups in total. The molecule has 4 rings (SSSR count). The molecule has 2 fully saturated rings. The van der Waals surface area contributed by atoms with Crippen LogP contribution in [0, 0.1) is 0 Å². The van der Waals surface area contributed by atoms with Gasteiger partial charge in [-0.25, -0.2) is 4.99 Å². The van der Waals surface area contributed by atoms with Gasteiger partial charge in [0.25, 0.3) is 0 Å². The summed E-state index contributed by atoms with van der Waals surface area (Å²) in [5.41, 5.74) is 20.5. The number of aliphatic imine (C=N–C) groups is 1. The van der Waals surface area contributed by atoms with Gasteiger partial charge in [0.2, 0.25) is 0 Å². The van der Waals surface area contributed by atoms with E-state index in [1.54, 1.807) is 0 Å². The molecule has 8 heteroatoms. The Morgan fingerprint density at radius 1 is 0.645 bits per heavy atom. The van der Waals surface area contributed by atoms with Crippen LogP contribution in [0.3, 0.4) is 0 Å². The predicted octanol–water partition coefficient (Wildman–Crippen LogP) is 1.36. The Balaban J connectivity index is 0.000000179. The van der Waals surface area contributed by atoms with E-state index in [0.717, 1.165) is 63.7 Å². The largest absolute Gasteiger partial charge is 0.399 e. The van der Waals surface area contributed by atoms with Crippen molar-refractivity contribution in [3.05, 3.63) is 48.5 Å². The van der Waals surface area contributed by atoms with E-state index in [2.05, 4.69) is 63.0 Å². The number of nitrogen functional groups attached to an aromatic ring is 1. The maximum atomic E-state index is 5.65. The molecule has 2 saturated heterocycles. The first-order valence-electron chi connectivity index (χ1n) is 10.8. The van der Waals surface area contributed by atoms with Gasteiger partial charge in [-0.2, -0.15) is 0 Å². The van der Waals surface area contributed by atoms with Crippen molar-refractivity contribution in [1.29, 1.82) is 0 Å². The molecule has 0 saturated carbocycles. The van der Waals surface area contributed by atoms with Crippen molar-refractivity contribution in [2.24, 2.45) is 16.5 Å². The van der Waals surface area contributed by atoms with Crippen LogP contribution >= 0.6 is 0 Å². The minimum atomic E-state index is 0.0948. The zero-order valence-electron chi connectivity index (χ0n) is 18.7. The fourth-order valence-corrected chi connectivity index (χ4v) is 3.70. The topological polar surface area (TPSA) is 103 Å². The molecular formula is C23H36N8. The molecule has 2 aliphatic heterocycles. The van der Waals surface area contributed by atoms with Gasteiger partial charge >= 0.3 is 0 Å². The Bertz CT molecular complexity index is 814. The number of piperazine rings is 2. The summed E-state index contributed by atoms with van der Waals surface area (Å²) in [6.45, 7) is 8.86. The Labute approximate surface area is 185 Å². The Morgan fingerprint density at radius 3 is 1.42 bits per heavy atom. The van der Waals surface area contributed by atoms with Crippen LogP contribution in [0.4, 0.5) is 22.7 Å². The minimum absolute atomic E-state index is 0.0948. The highest BCUT2D eigenvalue weighted by Gasteiger charge is 2.14. The first-order chi connectivity index (χ1) is 14.9. The third kappa shape index (κ3) is 7.04. The van der Waals surface area contributed by atoms with E-state index in [4.69, 9.17) is 17.2 Å². The third-order valence-corrected chi connectivity index (χ3v) is 5.74. The Morgan fingerprint density at radius 2 is 1.03 bits per heavy atom. The third-order valence-electron chi connectivity index (χ3n) is 5.74. The lowest BCUT2D eigenvalue weighted by Gasteiger charge is -2.34. The molecule has 0 aromatic heterocycles. The van der Waals surface area contributed by atoms with Gasteiger partial charge in [0.15, 0.2) is 5.96 Å². The fourth-order valence-electron chi connectivity index (χ4n) is 3.70. The highest BCUT2D eigenvalue weighted by molar-refractivity contribution is 5.79. The van der Waals surface area contributed by atoms with Gasteiger partial charge in [-0.1, -0.05) is 0 Å². The average molecular weight is 425 g/mol. The highest BCUT2D eigenvalue weighted by atomic mass is 15.3. The van der Waals surface area contributed by atoms with E-state index < -0.39 is 0 Å². The highest BCUT2D eigenvalue weighted by Crippen LogP contribution is 2.21. The van der Waals surface area contributed by atoms with Crippen LogP contribution in [-0.2, 0) is 0 Å². The minimum Gasteiger partial charge on any atom is -0.399 e. The van der Waals surface area contributed by atoms with Crippen LogP contribution in [0.1, 0.15) is 0 Å². The van der Waals surface area contributed by atoms with Crippen molar-refractivity contribution in [2.45, 2.75) is 0 Å². The lowest BCUT2D eigenvalue weighted by Crippen LogP contribution is -2.44. The molecule has 0 radical (unpaired) electrons. The summed E-state index contributed by atoms with van der Waals surface area (Å²) in [4.78, 5) is 13.5. The van der Waals surface area contributed by atoms with Crippen LogP contribution in [0.2, 0.25) is 0 Å². The number of benzene rings is 2. The molecule has 0 spiro atoms. The van der Waals surface area contributed by atoms with Crippen molar-refractivity contribution >= 4 is 28.7 Å².